The van der Waals surface area contributed by atoms with Crippen LogP contribution in [0, 0.1) is 0 Å². The summed E-state index contributed by atoms with van der Waals surface area (Å²) in [5, 5.41) is 1.48. The second-order valence-electron chi connectivity index (χ2n) is 6.15. The molecule has 0 atom stereocenters. The Labute approximate surface area is 158 Å². The van der Waals surface area contributed by atoms with Crippen molar-refractivity contribution in [2.24, 2.45) is 0 Å². The number of hydrogen-bond donors (Lipinski definition) is 0. The molecule has 0 spiro atoms. The number of fused-ring (bicyclic) bond motifs is 1. The van der Waals surface area contributed by atoms with Gasteiger partial charge in [-0.05, 0) is 37.0 Å². The van der Waals surface area contributed by atoms with Crippen LogP contribution in [0.5, 0.6) is 0 Å². The summed E-state index contributed by atoms with van der Waals surface area (Å²) in [6.45, 7) is 1.27. The van der Waals surface area contributed by atoms with E-state index in [1.54, 1.807) is 23.4 Å². The quantitative estimate of drug-likeness (QED) is 0.323. The van der Waals surface area contributed by atoms with E-state index < -0.39 is 0 Å². The third-order valence-electron chi connectivity index (χ3n) is 4.24. The highest BCUT2D eigenvalue weighted by Crippen LogP contribution is 2.19. The number of nitrogens with zero attached hydrogens (tertiary/aromatic N) is 2. The van der Waals surface area contributed by atoms with Gasteiger partial charge in [0.1, 0.15) is 0 Å². The van der Waals surface area contributed by atoms with E-state index in [4.69, 9.17) is 9.72 Å². The Kier molecular flexibility index (Phi) is 6.86. The Morgan fingerprint density at radius 3 is 2.62 bits per heavy atom. The maximum Gasteiger partial charge on any atom is 0.262 e. The minimum Gasteiger partial charge on any atom is -0.385 e. The summed E-state index contributed by atoms with van der Waals surface area (Å²) < 4.78 is 6.94. The standard InChI is InChI=1S/C21H24N2O2S/c1-25-15-8-14-23-20(24)18-12-5-6-13-19(18)22-21(23)26-16-7-11-17-9-3-2-4-10-17/h2-6,9-10,12-13H,7-8,11,14-16H2,1H3. The molecule has 0 aliphatic rings. The van der Waals surface area contributed by atoms with Crippen molar-refractivity contribution in [2.75, 3.05) is 19.5 Å². The zero-order chi connectivity index (χ0) is 18.2. The number of methoxy groups -OCH3 is 1. The van der Waals surface area contributed by atoms with E-state index in [1.165, 1.54) is 5.56 Å². The van der Waals surface area contributed by atoms with Crippen LogP contribution in [0.4, 0.5) is 0 Å². The first-order valence-electron chi connectivity index (χ1n) is 8.95. The summed E-state index contributed by atoms with van der Waals surface area (Å²) >= 11 is 1.66. The topological polar surface area (TPSA) is 44.1 Å². The van der Waals surface area contributed by atoms with Crippen LogP contribution in [0.3, 0.4) is 0 Å². The van der Waals surface area contributed by atoms with E-state index in [1.807, 2.05) is 30.3 Å². The molecule has 26 heavy (non-hydrogen) atoms. The summed E-state index contributed by atoms with van der Waals surface area (Å²) in [7, 11) is 1.68. The molecular weight excluding hydrogens is 344 g/mol. The van der Waals surface area contributed by atoms with Gasteiger partial charge in [0.15, 0.2) is 5.16 Å². The van der Waals surface area contributed by atoms with E-state index in [-0.39, 0.29) is 5.56 Å². The largest absolute Gasteiger partial charge is 0.385 e. The number of thioether (sulfide) groups is 1. The Hall–Kier alpha value is -2.11. The second kappa shape index (κ2) is 9.55. The van der Waals surface area contributed by atoms with E-state index in [0.29, 0.717) is 18.5 Å². The molecule has 1 aromatic heterocycles. The molecule has 0 unspecified atom stereocenters. The number of para-hydroxylation sites is 1. The molecule has 0 bridgehead atoms. The van der Waals surface area contributed by atoms with Gasteiger partial charge in [-0.3, -0.25) is 9.36 Å². The van der Waals surface area contributed by atoms with Crippen LogP contribution in [0.1, 0.15) is 18.4 Å². The Morgan fingerprint density at radius 1 is 1.04 bits per heavy atom. The van der Waals surface area contributed by atoms with Gasteiger partial charge in [-0.2, -0.15) is 0 Å². The number of ether oxygens (including phenoxy) is 1. The number of benzene rings is 2. The summed E-state index contributed by atoms with van der Waals surface area (Å²) in [4.78, 5) is 17.6. The van der Waals surface area contributed by atoms with Gasteiger partial charge in [-0.25, -0.2) is 4.98 Å². The molecule has 0 amide bonds. The average Bonchev–Trinajstić information content (AvgIpc) is 2.68. The molecule has 3 aromatic rings. The predicted molar refractivity (Wildman–Crippen MR) is 108 cm³/mol. The van der Waals surface area contributed by atoms with Crippen molar-refractivity contribution in [1.29, 1.82) is 0 Å². The lowest BCUT2D eigenvalue weighted by Gasteiger charge is -2.13. The van der Waals surface area contributed by atoms with Crippen LogP contribution in [0.15, 0.2) is 64.5 Å². The monoisotopic (exact) mass is 368 g/mol. The highest BCUT2D eigenvalue weighted by atomic mass is 32.2. The van der Waals surface area contributed by atoms with Gasteiger partial charge in [-0.1, -0.05) is 54.2 Å². The molecule has 0 aliphatic carbocycles. The summed E-state index contributed by atoms with van der Waals surface area (Å²) in [5.41, 5.74) is 2.15. The van der Waals surface area contributed by atoms with Crippen molar-refractivity contribution < 1.29 is 4.74 Å². The minimum atomic E-state index is 0.0391. The van der Waals surface area contributed by atoms with Crippen LogP contribution >= 0.6 is 11.8 Å². The maximum absolute atomic E-state index is 12.9. The van der Waals surface area contributed by atoms with Crippen molar-refractivity contribution in [2.45, 2.75) is 31.0 Å². The molecule has 136 valence electrons. The fraction of sp³-hybridized carbons (Fsp3) is 0.333. The molecule has 0 aliphatic heterocycles. The molecular formula is C21H24N2O2S. The third kappa shape index (κ3) is 4.74. The van der Waals surface area contributed by atoms with Crippen LogP contribution in [0.2, 0.25) is 0 Å². The highest BCUT2D eigenvalue weighted by molar-refractivity contribution is 7.99. The lowest BCUT2D eigenvalue weighted by atomic mass is 10.1. The maximum atomic E-state index is 12.9. The summed E-state index contributed by atoms with van der Waals surface area (Å²) in [6.07, 6.45) is 2.89. The van der Waals surface area contributed by atoms with Crippen LogP contribution < -0.4 is 5.56 Å². The minimum absolute atomic E-state index is 0.0391. The summed E-state index contributed by atoms with van der Waals surface area (Å²) in [6, 6.07) is 18.0. The Balaban J connectivity index is 1.74. The van der Waals surface area contributed by atoms with Gasteiger partial charge >= 0.3 is 0 Å². The summed E-state index contributed by atoms with van der Waals surface area (Å²) in [5.74, 6) is 0.934. The van der Waals surface area contributed by atoms with Gasteiger partial charge in [0.05, 0.1) is 10.9 Å². The van der Waals surface area contributed by atoms with E-state index in [9.17, 15) is 4.79 Å². The SMILES string of the molecule is COCCCn1c(SCCCc2ccccc2)nc2ccccc2c1=O. The van der Waals surface area contributed by atoms with Crippen molar-refractivity contribution >= 4 is 22.7 Å². The molecule has 2 aromatic carbocycles. The van der Waals surface area contributed by atoms with Crippen LogP contribution in [-0.2, 0) is 17.7 Å². The fourth-order valence-corrected chi connectivity index (χ4v) is 3.87. The molecule has 0 radical (unpaired) electrons. The fourth-order valence-electron chi connectivity index (χ4n) is 2.91. The van der Waals surface area contributed by atoms with Crippen LogP contribution in [0.25, 0.3) is 10.9 Å². The first-order chi connectivity index (χ1) is 12.8. The van der Waals surface area contributed by atoms with Gasteiger partial charge in [0, 0.05) is 26.0 Å². The molecule has 0 N–H and O–H groups in total. The molecule has 5 heteroatoms. The Bertz CT molecular complexity index is 893. The van der Waals surface area contributed by atoms with Crippen molar-refractivity contribution in [3.63, 3.8) is 0 Å². The zero-order valence-electron chi connectivity index (χ0n) is 15.1. The molecule has 3 rings (SSSR count). The second-order valence-corrected chi connectivity index (χ2v) is 7.21. The lowest BCUT2D eigenvalue weighted by molar-refractivity contribution is 0.189. The number of rotatable bonds is 9. The smallest absolute Gasteiger partial charge is 0.262 e. The molecule has 0 saturated carbocycles. The van der Waals surface area contributed by atoms with Crippen molar-refractivity contribution in [3.8, 4) is 0 Å². The average molecular weight is 369 g/mol. The molecule has 1 heterocycles. The lowest BCUT2D eigenvalue weighted by Crippen LogP contribution is -2.24. The van der Waals surface area contributed by atoms with Gasteiger partial charge in [-0.15, -0.1) is 0 Å². The van der Waals surface area contributed by atoms with Crippen LogP contribution in [-0.4, -0.2) is 29.0 Å². The van der Waals surface area contributed by atoms with Crippen molar-refractivity contribution in [1.82, 2.24) is 9.55 Å². The van der Waals surface area contributed by atoms with E-state index in [2.05, 4.69) is 24.3 Å². The van der Waals surface area contributed by atoms with E-state index in [0.717, 1.165) is 35.7 Å². The first-order valence-corrected chi connectivity index (χ1v) is 9.93. The number of aryl methyl sites for hydroxylation is 1. The normalized spacial score (nSPS) is 11.1. The van der Waals surface area contributed by atoms with Gasteiger partial charge in [0.2, 0.25) is 0 Å². The third-order valence-corrected chi connectivity index (χ3v) is 5.30. The van der Waals surface area contributed by atoms with Gasteiger partial charge < -0.3 is 4.74 Å². The first kappa shape index (κ1) is 18.7. The van der Waals surface area contributed by atoms with Crippen molar-refractivity contribution in [3.05, 3.63) is 70.5 Å². The predicted octanol–water partition coefficient (Wildman–Crippen LogP) is 4.16. The molecule has 0 saturated heterocycles. The van der Waals surface area contributed by atoms with E-state index >= 15 is 0 Å². The molecule has 0 fully saturated rings. The number of aromatic nitrogens is 2. The highest BCUT2D eigenvalue weighted by Gasteiger charge is 2.11. The molecule has 4 nitrogen and oxygen atoms in total. The van der Waals surface area contributed by atoms with Gasteiger partial charge in [0.25, 0.3) is 5.56 Å². The number of hydrogen-bond acceptors (Lipinski definition) is 4. The zero-order valence-corrected chi connectivity index (χ0v) is 15.9. The Morgan fingerprint density at radius 2 is 1.81 bits per heavy atom.